The van der Waals surface area contributed by atoms with Gasteiger partial charge < -0.3 is 5.32 Å². The van der Waals surface area contributed by atoms with Gasteiger partial charge in [0.2, 0.25) is 0 Å². The van der Waals surface area contributed by atoms with Crippen LogP contribution in [-0.4, -0.2) is 11.0 Å². The van der Waals surface area contributed by atoms with Gasteiger partial charge in [-0.1, -0.05) is 32.4 Å². The summed E-state index contributed by atoms with van der Waals surface area (Å²) in [6, 6.07) is 7.18. The Hall–Kier alpha value is -1.58. The quantitative estimate of drug-likeness (QED) is 0.642. The summed E-state index contributed by atoms with van der Waals surface area (Å²) >= 11 is 0. The van der Waals surface area contributed by atoms with Gasteiger partial charge in [0.15, 0.2) is 0 Å². The van der Waals surface area contributed by atoms with Crippen LogP contribution in [-0.2, 0) is 0 Å². The predicted octanol–water partition coefficient (Wildman–Crippen LogP) is 3.59. The van der Waals surface area contributed by atoms with Gasteiger partial charge in [0.05, 0.1) is 4.92 Å². The van der Waals surface area contributed by atoms with Gasteiger partial charge in [-0.05, 0) is 24.3 Å². The molecule has 1 unspecified atom stereocenters. The van der Waals surface area contributed by atoms with E-state index in [1.165, 1.54) is 12.8 Å². The van der Waals surface area contributed by atoms with Crippen molar-refractivity contribution in [1.82, 2.24) is 0 Å². The fourth-order valence-electron chi connectivity index (χ4n) is 2.54. The molecular formula is C13H18N2O2. The molecule has 2 rings (SSSR count). The highest BCUT2D eigenvalue weighted by molar-refractivity contribution is 5.61. The van der Waals surface area contributed by atoms with Crippen LogP contribution >= 0.6 is 0 Å². The Morgan fingerprint density at radius 3 is 2.71 bits per heavy atom. The first-order valence-corrected chi connectivity index (χ1v) is 6.01. The molecule has 1 atom stereocenters. The minimum absolute atomic E-state index is 0.162. The molecular weight excluding hydrogens is 216 g/mol. The van der Waals surface area contributed by atoms with Crippen molar-refractivity contribution in [2.75, 3.05) is 5.32 Å². The Bertz CT molecular complexity index is 429. The number of nitro groups is 1. The van der Waals surface area contributed by atoms with Gasteiger partial charge >= 0.3 is 0 Å². The molecule has 0 saturated heterocycles. The van der Waals surface area contributed by atoms with Crippen molar-refractivity contribution in [3.63, 3.8) is 0 Å². The standard InChI is InChI=1S/C13H18N2O2/c1-13(2)9-5-8-12(13)14-10-6-3-4-7-11(10)15(16)17/h3-4,6-7,12,14H,5,8-9H2,1-2H3. The van der Waals surface area contributed by atoms with E-state index in [-0.39, 0.29) is 16.0 Å². The molecule has 1 fully saturated rings. The molecule has 4 nitrogen and oxygen atoms in total. The van der Waals surface area contributed by atoms with Crippen molar-refractivity contribution in [1.29, 1.82) is 0 Å². The molecule has 0 amide bonds. The lowest BCUT2D eigenvalue weighted by Crippen LogP contribution is -2.31. The molecule has 1 aromatic rings. The van der Waals surface area contributed by atoms with Crippen LogP contribution < -0.4 is 5.32 Å². The fourth-order valence-corrected chi connectivity index (χ4v) is 2.54. The second-order valence-corrected chi connectivity index (χ2v) is 5.35. The normalized spacial score (nSPS) is 22.4. The molecule has 0 aliphatic heterocycles. The van der Waals surface area contributed by atoms with Crippen molar-refractivity contribution >= 4 is 11.4 Å². The summed E-state index contributed by atoms with van der Waals surface area (Å²) in [7, 11) is 0. The van der Waals surface area contributed by atoms with E-state index >= 15 is 0 Å². The summed E-state index contributed by atoms with van der Waals surface area (Å²) < 4.78 is 0. The van der Waals surface area contributed by atoms with E-state index in [1.807, 2.05) is 6.07 Å². The summed E-state index contributed by atoms with van der Waals surface area (Å²) in [6.45, 7) is 4.43. The second-order valence-electron chi connectivity index (χ2n) is 5.35. The molecule has 0 heterocycles. The van der Waals surface area contributed by atoms with Gasteiger partial charge in [-0.25, -0.2) is 0 Å². The Kier molecular flexibility index (Phi) is 3.05. The maximum atomic E-state index is 10.9. The van der Waals surface area contributed by atoms with E-state index in [0.29, 0.717) is 11.7 Å². The van der Waals surface area contributed by atoms with Crippen LogP contribution in [0.3, 0.4) is 0 Å². The average molecular weight is 234 g/mol. The van der Waals surface area contributed by atoms with Crippen LogP contribution in [0, 0.1) is 15.5 Å². The van der Waals surface area contributed by atoms with Gasteiger partial charge in [-0.2, -0.15) is 0 Å². The van der Waals surface area contributed by atoms with Gasteiger partial charge in [-0.15, -0.1) is 0 Å². The number of para-hydroxylation sites is 2. The molecule has 0 spiro atoms. The highest BCUT2D eigenvalue weighted by atomic mass is 16.6. The molecule has 1 aliphatic rings. The zero-order chi connectivity index (χ0) is 12.5. The molecule has 0 aromatic heterocycles. The minimum atomic E-state index is -0.329. The SMILES string of the molecule is CC1(C)CCCC1Nc1ccccc1[N+](=O)[O-]. The summed E-state index contributed by atoms with van der Waals surface area (Å²) in [5.41, 5.74) is 1.01. The van der Waals surface area contributed by atoms with Gasteiger partial charge in [0.25, 0.3) is 5.69 Å². The van der Waals surface area contributed by atoms with E-state index in [2.05, 4.69) is 19.2 Å². The molecule has 1 aromatic carbocycles. The minimum Gasteiger partial charge on any atom is -0.376 e. The van der Waals surface area contributed by atoms with Gasteiger partial charge in [-0.3, -0.25) is 10.1 Å². The zero-order valence-corrected chi connectivity index (χ0v) is 10.3. The average Bonchev–Trinajstić information content (AvgIpc) is 2.59. The molecule has 0 bridgehead atoms. The molecule has 0 radical (unpaired) electrons. The van der Waals surface area contributed by atoms with Crippen molar-refractivity contribution in [3.8, 4) is 0 Å². The maximum absolute atomic E-state index is 10.9. The number of rotatable bonds is 3. The number of benzene rings is 1. The lowest BCUT2D eigenvalue weighted by molar-refractivity contribution is -0.384. The van der Waals surface area contributed by atoms with E-state index in [0.717, 1.165) is 6.42 Å². The van der Waals surface area contributed by atoms with E-state index < -0.39 is 0 Å². The topological polar surface area (TPSA) is 55.2 Å². The summed E-state index contributed by atoms with van der Waals surface area (Å²) in [4.78, 5) is 10.6. The third-order valence-electron chi connectivity index (χ3n) is 3.69. The van der Waals surface area contributed by atoms with Gasteiger partial charge in [0, 0.05) is 12.1 Å². The lowest BCUT2D eigenvalue weighted by atomic mass is 9.87. The van der Waals surface area contributed by atoms with E-state index in [1.54, 1.807) is 18.2 Å². The highest BCUT2D eigenvalue weighted by Gasteiger charge is 2.35. The van der Waals surface area contributed by atoms with Gasteiger partial charge in [0.1, 0.15) is 5.69 Å². The Balaban J connectivity index is 2.21. The summed E-state index contributed by atoms with van der Waals surface area (Å²) in [6.07, 6.45) is 3.44. The summed E-state index contributed by atoms with van der Waals surface area (Å²) in [5, 5.41) is 14.3. The Morgan fingerprint density at radius 2 is 2.12 bits per heavy atom. The van der Waals surface area contributed by atoms with Crippen LogP contribution in [0.15, 0.2) is 24.3 Å². The van der Waals surface area contributed by atoms with Crippen LogP contribution in [0.2, 0.25) is 0 Å². The lowest BCUT2D eigenvalue weighted by Gasteiger charge is -2.28. The maximum Gasteiger partial charge on any atom is 0.292 e. The monoisotopic (exact) mass is 234 g/mol. The highest BCUT2D eigenvalue weighted by Crippen LogP contribution is 2.40. The number of anilines is 1. The first-order valence-electron chi connectivity index (χ1n) is 6.01. The smallest absolute Gasteiger partial charge is 0.292 e. The predicted molar refractivity (Wildman–Crippen MR) is 68.1 cm³/mol. The first-order chi connectivity index (χ1) is 8.00. The molecule has 4 heteroatoms. The Morgan fingerprint density at radius 1 is 1.41 bits per heavy atom. The van der Waals surface area contributed by atoms with Crippen LogP contribution in [0.1, 0.15) is 33.1 Å². The fraction of sp³-hybridized carbons (Fsp3) is 0.538. The van der Waals surface area contributed by atoms with Crippen LogP contribution in [0.5, 0.6) is 0 Å². The number of hydrogen-bond donors (Lipinski definition) is 1. The number of nitro benzene ring substituents is 1. The molecule has 1 aliphatic carbocycles. The van der Waals surface area contributed by atoms with E-state index in [4.69, 9.17) is 0 Å². The first kappa shape index (κ1) is 11.9. The van der Waals surface area contributed by atoms with Crippen molar-refractivity contribution in [2.24, 2.45) is 5.41 Å². The van der Waals surface area contributed by atoms with E-state index in [9.17, 15) is 10.1 Å². The third kappa shape index (κ3) is 2.40. The van der Waals surface area contributed by atoms with Crippen molar-refractivity contribution < 1.29 is 4.92 Å². The van der Waals surface area contributed by atoms with Crippen molar-refractivity contribution in [2.45, 2.75) is 39.2 Å². The number of nitrogens with one attached hydrogen (secondary N) is 1. The van der Waals surface area contributed by atoms with Crippen LogP contribution in [0.4, 0.5) is 11.4 Å². The van der Waals surface area contributed by atoms with Crippen molar-refractivity contribution in [3.05, 3.63) is 34.4 Å². The Labute approximate surface area is 101 Å². The third-order valence-corrected chi connectivity index (χ3v) is 3.69. The number of hydrogen-bond acceptors (Lipinski definition) is 3. The molecule has 17 heavy (non-hydrogen) atoms. The second kappa shape index (κ2) is 4.35. The molecule has 1 N–H and O–H groups in total. The largest absolute Gasteiger partial charge is 0.376 e. The number of nitrogens with zero attached hydrogens (tertiary/aromatic N) is 1. The summed E-state index contributed by atoms with van der Waals surface area (Å²) in [5.74, 6) is 0. The molecule has 92 valence electrons. The zero-order valence-electron chi connectivity index (χ0n) is 10.3. The van der Waals surface area contributed by atoms with Crippen LogP contribution in [0.25, 0.3) is 0 Å². The molecule has 1 saturated carbocycles.